The third-order valence-corrected chi connectivity index (χ3v) is 4.46. The Morgan fingerprint density at radius 1 is 1.57 bits per heavy atom. The van der Waals surface area contributed by atoms with Gasteiger partial charge in [0.1, 0.15) is 5.75 Å². The molecule has 0 aliphatic carbocycles. The summed E-state index contributed by atoms with van der Waals surface area (Å²) in [7, 11) is -3.26. The molecule has 4 nitrogen and oxygen atoms in total. The molecule has 0 atom stereocenters. The Labute approximate surface area is 90.5 Å². The second-order valence-electron chi connectivity index (χ2n) is 4.47. The number of hydrogen-bond donors (Lipinski definition) is 1. The van der Waals surface area contributed by atoms with E-state index in [1.807, 2.05) is 0 Å². The highest BCUT2D eigenvalue weighted by Crippen LogP contribution is 2.30. The van der Waals surface area contributed by atoms with E-state index in [4.69, 9.17) is 5.73 Å². The zero-order valence-electron chi connectivity index (χ0n) is 8.49. The van der Waals surface area contributed by atoms with Crippen molar-refractivity contribution in [1.82, 2.24) is 4.31 Å². The van der Waals surface area contributed by atoms with Gasteiger partial charge in [0.2, 0.25) is 10.0 Å². The molecule has 6 heteroatoms. The molecule has 0 aromatic heterocycles. The Morgan fingerprint density at radius 3 is 2.50 bits per heavy atom. The lowest BCUT2D eigenvalue weighted by Gasteiger charge is -2.19. The average molecular weight is 236 g/mol. The first kappa shape index (κ1) is 11.9. The van der Waals surface area contributed by atoms with Gasteiger partial charge in [-0.25, -0.2) is 12.7 Å². The number of nitrogens with two attached hydrogens (primary N) is 1. The first-order valence-electron chi connectivity index (χ1n) is 4.49. The van der Waals surface area contributed by atoms with Crippen LogP contribution >= 0.6 is 12.2 Å². The van der Waals surface area contributed by atoms with Gasteiger partial charge < -0.3 is 5.73 Å². The number of rotatable bonds is 3. The quantitative estimate of drug-likeness (QED) is 0.718. The Morgan fingerprint density at radius 2 is 2.14 bits per heavy atom. The molecule has 0 aromatic carbocycles. The number of nitrogens with zero attached hydrogens (tertiary/aromatic N) is 1. The maximum atomic E-state index is 11.7. The summed E-state index contributed by atoms with van der Waals surface area (Å²) in [5.74, 6) is -0.210. The van der Waals surface area contributed by atoms with Crippen molar-refractivity contribution in [2.75, 3.05) is 18.8 Å². The van der Waals surface area contributed by atoms with E-state index >= 15 is 0 Å². The first-order valence-corrected chi connectivity index (χ1v) is 6.51. The van der Waals surface area contributed by atoms with Gasteiger partial charge in [0.15, 0.2) is 0 Å². The molecule has 0 aromatic rings. The van der Waals surface area contributed by atoms with Gasteiger partial charge in [-0.2, -0.15) is 0 Å². The topological polar surface area (TPSA) is 63.4 Å². The average Bonchev–Trinajstić information content (AvgIpc) is 2.27. The lowest BCUT2D eigenvalue weighted by atomic mass is 9.93. The van der Waals surface area contributed by atoms with E-state index in [1.54, 1.807) is 0 Å². The standard InChI is InChI=1S/C8H16N2O2S2/c1-8(2)3-4-10(6-8)14(11,12)5-7(9)13/h3-6H2,1-2H3,(H2,9,13). The SMILES string of the molecule is CC1(C)CCN(S(=O)(=O)CC(N)=S)C1. The van der Waals surface area contributed by atoms with Crippen molar-refractivity contribution in [2.45, 2.75) is 20.3 Å². The molecule has 1 heterocycles. The summed E-state index contributed by atoms with van der Waals surface area (Å²) in [6.07, 6.45) is 0.892. The van der Waals surface area contributed by atoms with E-state index in [0.29, 0.717) is 13.1 Å². The van der Waals surface area contributed by atoms with Gasteiger partial charge in [-0.05, 0) is 11.8 Å². The molecule has 2 N–H and O–H groups in total. The summed E-state index contributed by atoms with van der Waals surface area (Å²) in [6, 6.07) is 0. The monoisotopic (exact) mass is 236 g/mol. The van der Waals surface area contributed by atoms with Crippen molar-refractivity contribution in [1.29, 1.82) is 0 Å². The number of sulfonamides is 1. The van der Waals surface area contributed by atoms with E-state index in [2.05, 4.69) is 26.1 Å². The van der Waals surface area contributed by atoms with Crippen LogP contribution in [0, 0.1) is 5.41 Å². The third-order valence-electron chi connectivity index (χ3n) is 2.36. The van der Waals surface area contributed by atoms with Crippen molar-refractivity contribution in [3.63, 3.8) is 0 Å². The summed E-state index contributed by atoms with van der Waals surface area (Å²) >= 11 is 4.61. The molecule has 1 fully saturated rings. The van der Waals surface area contributed by atoms with Crippen molar-refractivity contribution in [3.8, 4) is 0 Å². The highest BCUT2D eigenvalue weighted by molar-refractivity contribution is 7.92. The molecule has 1 saturated heterocycles. The van der Waals surface area contributed by atoms with Crippen LogP contribution in [0.15, 0.2) is 0 Å². The molecule has 0 amide bonds. The molecule has 82 valence electrons. The van der Waals surface area contributed by atoms with Crippen molar-refractivity contribution in [3.05, 3.63) is 0 Å². The Balaban J connectivity index is 2.72. The van der Waals surface area contributed by atoms with E-state index in [1.165, 1.54) is 4.31 Å². The molecular formula is C8H16N2O2S2. The van der Waals surface area contributed by atoms with Gasteiger partial charge in [-0.3, -0.25) is 0 Å². The van der Waals surface area contributed by atoms with Crippen LogP contribution in [0.4, 0.5) is 0 Å². The summed E-state index contributed by atoms with van der Waals surface area (Å²) in [5, 5.41) is 0. The van der Waals surface area contributed by atoms with Crippen molar-refractivity contribution >= 4 is 27.2 Å². The fourth-order valence-electron chi connectivity index (χ4n) is 1.57. The van der Waals surface area contributed by atoms with Gasteiger partial charge in [-0.15, -0.1) is 0 Å². The maximum Gasteiger partial charge on any atom is 0.220 e. The smallest absolute Gasteiger partial charge is 0.220 e. The maximum absolute atomic E-state index is 11.7. The molecule has 0 saturated carbocycles. The molecule has 1 rings (SSSR count). The van der Waals surface area contributed by atoms with Gasteiger partial charge >= 0.3 is 0 Å². The normalized spacial score (nSPS) is 22.4. The minimum Gasteiger partial charge on any atom is -0.392 e. The largest absolute Gasteiger partial charge is 0.392 e. The van der Waals surface area contributed by atoms with E-state index in [-0.39, 0.29) is 16.2 Å². The first-order chi connectivity index (χ1) is 6.23. The molecule has 14 heavy (non-hydrogen) atoms. The number of thiocarbonyl (C=S) groups is 1. The van der Waals surface area contributed by atoms with Crippen LogP contribution in [-0.2, 0) is 10.0 Å². The van der Waals surface area contributed by atoms with E-state index in [0.717, 1.165) is 6.42 Å². The minimum absolute atomic E-state index is 0.0368. The number of hydrogen-bond acceptors (Lipinski definition) is 3. The predicted octanol–water partition coefficient (Wildman–Crippen LogP) is 0.334. The molecule has 1 aliphatic heterocycles. The molecule has 0 bridgehead atoms. The zero-order valence-corrected chi connectivity index (χ0v) is 10.1. The molecule has 0 spiro atoms. The minimum atomic E-state index is -3.26. The van der Waals surface area contributed by atoms with Crippen LogP contribution in [0.1, 0.15) is 20.3 Å². The lowest BCUT2D eigenvalue weighted by Crippen LogP contribution is -2.36. The van der Waals surface area contributed by atoms with Crippen LogP contribution in [0.3, 0.4) is 0 Å². The third kappa shape index (κ3) is 2.90. The molecular weight excluding hydrogens is 220 g/mol. The molecule has 0 radical (unpaired) electrons. The van der Waals surface area contributed by atoms with Gasteiger partial charge in [0.25, 0.3) is 0 Å². The Bertz CT molecular complexity index is 335. The van der Waals surface area contributed by atoms with Crippen LogP contribution in [-0.4, -0.2) is 36.6 Å². The Hall–Kier alpha value is -0.200. The Kier molecular flexibility index (Phi) is 3.18. The fourth-order valence-corrected chi connectivity index (χ4v) is 3.48. The summed E-state index contributed by atoms with van der Waals surface area (Å²) < 4.78 is 24.9. The van der Waals surface area contributed by atoms with Crippen LogP contribution in [0.2, 0.25) is 0 Å². The van der Waals surface area contributed by atoms with E-state index < -0.39 is 10.0 Å². The van der Waals surface area contributed by atoms with Crippen molar-refractivity contribution < 1.29 is 8.42 Å². The summed E-state index contributed by atoms with van der Waals surface area (Å²) in [5.41, 5.74) is 5.31. The molecule has 0 unspecified atom stereocenters. The highest BCUT2D eigenvalue weighted by Gasteiger charge is 2.35. The molecule has 1 aliphatic rings. The second kappa shape index (κ2) is 3.75. The fraction of sp³-hybridized carbons (Fsp3) is 0.875. The van der Waals surface area contributed by atoms with Crippen LogP contribution in [0.5, 0.6) is 0 Å². The summed E-state index contributed by atoms with van der Waals surface area (Å²) in [4.78, 5) is 0.0368. The lowest BCUT2D eigenvalue weighted by molar-refractivity contribution is 0.376. The van der Waals surface area contributed by atoms with Gasteiger partial charge in [0.05, 0.1) is 4.99 Å². The van der Waals surface area contributed by atoms with Crippen LogP contribution < -0.4 is 5.73 Å². The van der Waals surface area contributed by atoms with E-state index in [9.17, 15) is 8.42 Å². The van der Waals surface area contributed by atoms with Crippen molar-refractivity contribution in [2.24, 2.45) is 11.1 Å². The zero-order chi connectivity index (χ0) is 11.0. The summed E-state index contributed by atoms with van der Waals surface area (Å²) in [6.45, 7) is 5.27. The second-order valence-corrected chi connectivity index (χ2v) is 6.96. The van der Waals surface area contributed by atoms with Gasteiger partial charge in [-0.1, -0.05) is 26.1 Å². The van der Waals surface area contributed by atoms with Crippen LogP contribution in [0.25, 0.3) is 0 Å². The van der Waals surface area contributed by atoms with Gasteiger partial charge in [0, 0.05) is 13.1 Å². The predicted molar refractivity (Wildman–Crippen MR) is 60.5 cm³/mol. The highest BCUT2D eigenvalue weighted by atomic mass is 32.2.